The highest BCUT2D eigenvalue weighted by Gasteiger charge is 2.19. The minimum absolute atomic E-state index is 0.788. The van der Waals surface area contributed by atoms with Gasteiger partial charge < -0.3 is 10.3 Å². The second-order valence-electron chi connectivity index (χ2n) is 6.29. The Kier molecular flexibility index (Phi) is 4.28. The van der Waals surface area contributed by atoms with Gasteiger partial charge in [-0.15, -0.1) is 0 Å². The maximum absolute atomic E-state index is 4.52. The molecular formula is C19H24N6. The van der Waals surface area contributed by atoms with E-state index >= 15 is 0 Å². The van der Waals surface area contributed by atoms with E-state index in [1.165, 1.54) is 18.5 Å². The third kappa shape index (κ3) is 2.82. The van der Waals surface area contributed by atoms with Crippen molar-refractivity contribution < 1.29 is 0 Å². The van der Waals surface area contributed by atoms with E-state index in [0.29, 0.717) is 0 Å². The number of hydrogen-bond acceptors (Lipinski definition) is 5. The first-order valence-electron chi connectivity index (χ1n) is 8.94. The van der Waals surface area contributed by atoms with Crippen LogP contribution in [0.3, 0.4) is 0 Å². The lowest BCUT2D eigenvalue weighted by molar-refractivity contribution is 0.312. The molecule has 130 valence electrons. The third-order valence-corrected chi connectivity index (χ3v) is 4.85. The van der Waals surface area contributed by atoms with Crippen molar-refractivity contribution in [3.63, 3.8) is 0 Å². The van der Waals surface area contributed by atoms with Crippen LogP contribution in [-0.4, -0.2) is 46.1 Å². The van der Waals surface area contributed by atoms with Gasteiger partial charge in [0.05, 0.1) is 17.6 Å². The second kappa shape index (κ2) is 6.72. The molecule has 3 heterocycles. The summed E-state index contributed by atoms with van der Waals surface area (Å²) >= 11 is 0. The Morgan fingerprint density at radius 1 is 1.12 bits per heavy atom. The molecule has 2 aromatic heterocycles. The number of nitrogens with zero attached hydrogens (tertiary/aromatic N) is 5. The van der Waals surface area contributed by atoms with Crippen LogP contribution in [0.25, 0.3) is 16.9 Å². The van der Waals surface area contributed by atoms with E-state index in [0.717, 1.165) is 42.4 Å². The molecule has 0 bridgehead atoms. The first-order valence-corrected chi connectivity index (χ1v) is 8.94. The van der Waals surface area contributed by atoms with Gasteiger partial charge in [0.1, 0.15) is 0 Å². The highest BCUT2D eigenvalue weighted by molar-refractivity contribution is 5.71. The highest BCUT2D eigenvalue weighted by Crippen LogP contribution is 2.27. The molecule has 4 rings (SSSR count). The van der Waals surface area contributed by atoms with E-state index in [9.17, 15) is 0 Å². The first kappa shape index (κ1) is 15.9. The lowest BCUT2D eigenvalue weighted by Crippen LogP contribution is -2.40. The van der Waals surface area contributed by atoms with Crippen molar-refractivity contribution in [3.8, 4) is 11.3 Å². The van der Waals surface area contributed by atoms with Crippen LogP contribution in [0.2, 0.25) is 0 Å². The Balaban J connectivity index is 1.66. The van der Waals surface area contributed by atoms with Crippen LogP contribution in [0.15, 0.2) is 42.9 Å². The molecule has 1 aliphatic heterocycles. The molecule has 0 unspecified atom stereocenters. The zero-order valence-corrected chi connectivity index (χ0v) is 14.8. The minimum atomic E-state index is 0.788. The van der Waals surface area contributed by atoms with E-state index in [-0.39, 0.29) is 0 Å². The molecular weight excluding hydrogens is 312 g/mol. The lowest BCUT2D eigenvalue weighted by Gasteiger charge is -2.32. The minimum Gasteiger partial charge on any atom is -0.370 e. The molecule has 0 spiro atoms. The molecule has 6 heteroatoms. The van der Waals surface area contributed by atoms with Crippen molar-refractivity contribution in [2.24, 2.45) is 0 Å². The van der Waals surface area contributed by atoms with Crippen molar-refractivity contribution in [2.75, 3.05) is 37.0 Å². The number of imidazole rings is 1. The molecule has 1 aliphatic rings. The average Bonchev–Trinajstić information content (AvgIpc) is 3.32. The number of nitrogens with one attached hydrogen (secondary N) is 1. The third-order valence-electron chi connectivity index (χ3n) is 4.85. The largest absolute Gasteiger partial charge is 0.370 e. The standard InChI is InChI=1S/C19H24N6/c1-3-25(23-11-4-5-12-23)16-8-6-15(7-9-16)17-14-22-19-18(20-2)21-10-13-24(17)19/h6-10,13-14H,3-5,11-12H2,1-2H3,(H,20,21). The van der Waals surface area contributed by atoms with Crippen LogP contribution in [0.5, 0.6) is 0 Å². The van der Waals surface area contributed by atoms with Crippen LogP contribution < -0.4 is 10.3 Å². The first-order chi connectivity index (χ1) is 12.3. The molecule has 1 N–H and O–H groups in total. The molecule has 0 amide bonds. The Morgan fingerprint density at radius 2 is 1.88 bits per heavy atom. The summed E-state index contributed by atoms with van der Waals surface area (Å²) in [6.07, 6.45) is 8.24. The Labute approximate surface area is 148 Å². The molecule has 0 radical (unpaired) electrons. The molecule has 1 saturated heterocycles. The summed E-state index contributed by atoms with van der Waals surface area (Å²) in [7, 11) is 1.86. The maximum atomic E-state index is 4.52. The van der Waals surface area contributed by atoms with Gasteiger partial charge in [0.15, 0.2) is 11.5 Å². The topological polar surface area (TPSA) is 48.7 Å². The quantitative estimate of drug-likeness (QED) is 0.775. The number of anilines is 2. The number of fused-ring (bicyclic) bond motifs is 1. The van der Waals surface area contributed by atoms with Crippen molar-refractivity contribution in [2.45, 2.75) is 19.8 Å². The summed E-state index contributed by atoms with van der Waals surface area (Å²) in [6, 6.07) is 8.77. The maximum Gasteiger partial charge on any atom is 0.180 e. The van der Waals surface area contributed by atoms with Gasteiger partial charge in [-0.25, -0.2) is 15.0 Å². The van der Waals surface area contributed by atoms with Gasteiger partial charge in [0.2, 0.25) is 0 Å². The summed E-state index contributed by atoms with van der Waals surface area (Å²) in [5.74, 6) is 0.788. The van der Waals surface area contributed by atoms with Gasteiger partial charge in [-0.1, -0.05) is 12.1 Å². The summed E-state index contributed by atoms with van der Waals surface area (Å²) in [5, 5.41) is 7.93. The van der Waals surface area contributed by atoms with E-state index in [1.54, 1.807) is 6.20 Å². The molecule has 3 aromatic rings. The van der Waals surface area contributed by atoms with Crippen molar-refractivity contribution in [1.29, 1.82) is 0 Å². The lowest BCUT2D eigenvalue weighted by atomic mass is 10.1. The summed E-state index contributed by atoms with van der Waals surface area (Å²) in [4.78, 5) is 8.84. The Morgan fingerprint density at radius 3 is 2.56 bits per heavy atom. The van der Waals surface area contributed by atoms with E-state index < -0.39 is 0 Å². The fourth-order valence-electron chi connectivity index (χ4n) is 3.60. The van der Waals surface area contributed by atoms with Crippen LogP contribution in [0.4, 0.5) is 11.5 Å². The SMILES string of the molecule is CCN(c1ccc(-c2cnc3c(NC)nccn23)cc1)N1CCCC1. The Hall–Kier alpha value is -2.60. The van der Waals surface area contributed by atoms with Crippen LogP contribution in [0.1, 0.15) is 19.8 Å². The van der Waals surface area contributed by atoms with Crippen molar-refractivity contribution >= 4 is 17.2 Å². The number of hydrazine groups is 1. The fourth-order valence-corrected chi connectivity index (χ4v) is 3.60. The van der Waals surface area contributed by atoms with Gasteiger partial charge in [0.25, 0.3) is 0 Å². The van der Waals surface area contributed by atoms with Crippen LogP contribution >= 0.6 is 0 Å². The van der Waals surface area contributed by atoms with Crippen LogP contribution in [0, 0.1) is 0 Å². The van der Waals surface area contributed by atoms with Crippen LogP contribution in [-0.2, 0) is 0 Å². The molecule has 0 atom stereocenters. The van der Waals surface area contributed by atoms with E-state index in [2.05, 4.69) is 60.9 Å². The predicted molar refractivity (Wildman–Crippen MR) is 102 cm³/mol. The monoisotopic (exact) mass is 336 g/mol. The van der Waals surface area contributed by atoms with E-state index in [4.69, 9.17) is 0 Å². The van der Waals surface area contributed by atoms with Crippen molar-refractivity contribution in [3.05, 3.63) is 42.9 Å². The second-order valence-corrected chi connectivity index (χ2v) is 6.29. The zero-order valence-electron chi connectivity index (χ0n) is 14.8. The van der Waals surface area contributed by atoms with Gasteiger partial charge in [-0.05, 0) is 31.9 Å². The average molecular weight is 336 g/mol. The van der Waals surface area contributed by atoms with E-state index in [1.807, 2.05) is 19.4 Å². The normalized spacial score (nSPS) is 15.0. The number of rotatable bonds is 5. The number of aromatic nitrogens is 3. The number of benzene rings is 1. The molecule has 0 aliphatic carbocycles. The summed E-state index contributed by atoms with van der Waals surface area (Å²) in [6.45, 7) is 5.51. The van der Waals surface area contributed by atoms with Gasteiger partial charge in [0, 0.05) is 44.6 Å². The molecule has 6 nitrogen and oxygen atoms in total. The fraction of sp³-hybridized carbons (Fsp3) is 0.368. The van der Waals surface area contributed by atoms with Crippen molar-refractivity contribution in [1.82, 2.24) is 19.4 Å². The summed E-state index contributed by atoms with van der Waals surface area (Å²) in [5.41, 5.74) is 4.32. The summed E-state index contributed by atoms with van der Waals surface area (Å²) < 4.78 is 2.08. The predicted octanol–water partition coefficient (Wildman–Crippen LogP) is 3.28. The molecule has 0 saturated carbocycles. The highest BCUT2D eigenvalue weighted by atomic mass is 15.6. The van der Waals surface area contributed by atoms with Gasteiger partial charge in [-0.2, -0.15) is 0 Å². The van der Waals surface area contributed by atoms with Gasteiger partial charge >= 0.3 is 0 Å². The zero-order chi connectivity index (χ0) is 17.2. The Bertz CT molecular complexity index is 848. The molecule has 25 heavy (non-hydrogen) atoms. The smallest absolute Gasteiger partial charge is 0.180 e. The number of hydrogen-bond donors (Lipinski definition) is 1. The molecule has 1 fully saturated rings. The molecule has 1 aromatic carbocycles. The van der Waals surface area contributed by atoms with Gasteiger partial charge in [-0.3, -0.25) is 4.40 Å².